The van der Waals surface area contributed by atoms with E-state index in [9.17, 15) is 4.79 Å². The number of methoxy groups -OCH3 is 1. The summed E-state index contributed by atoms with van der Waals surface area (Å²) in [5.41, 5.74) is 4.07. The van der Waals surface area contributed by atoms with Gasteiger partial charge in [0.25, 0.3) is 0 Å². The Labute approximate surface area is 137 Å². The van der Waals surface area contributed by atoms with Crippen LogP contribution < -0.4 is 10.1 Å². The number of benzene rings is 1. The zero-order chi connectivity index (χ0) is 17.0. The highest BCUT2D eigenvalue weighted by atomic mass is 16.5. The molecule has 0 spiro atoms. The van der Waals surface area contributed by atoms with Gasteiger partial charge >= 0.3 is 0 Å². The van der Waals surface area contributed by atoms with Crippen molar-refractivity contribution in [3.63, 3.8) is 0 Å². The van der Waals surface area contributed by atoms with E-state index in [1.807, 2.05) is 61.8 Å². The molecule has 0 atom stereocenters. The van der Waals surface area contributed by atoms with Crippen LogP contribution in [-0.2, 0) is 18.4 Å². The largest absolute Gasteiger partial charge is 0.497 e. The van der Waals surface area contributed by atoms with Crippen molar-refractivity contribution in [1.29, 1.82) is 0 Å². The van der Waals surface area contributed by atoms with Gasteiger partial charge in [-0.2, -0.15) is 5.10 Å². The van der Waals surface area contributed by atoms with Crippen molar-refractivity contribution in [1.82, 2.24) is 14.7 Å². The third-order valence-electron chi connectivity index (χ3n) is 3.87. The number of carbonyl (C=O) groups is 1. The van der Waals surface area contributed by atoms with Crippen LogP contribution in [0.4, 0.5) is 5.69 Å². The SMILES string of the molecule is COc1ccc(NC(=O)CN(C)Cc2c(C)nn(C)c2C)cc1. The zero-order valence-electron chi connectivity index (χ0n) is 14.4. The molecule has 124 valence electrons. The van der Waals surface area contributed by atoms with E-state index < -0.39 is 0 Å². The smallest absolute Gasteiger partial charge is 0.238 e. The number of ether oxygens (including phenoxy) is 1. The minimum absolute atomic E-state index is 0.0446. The summed E-state index contributed by atoms with van der Waals surface area (Å²) < 4.78 is 6.97. The first-order chi connectivity index (χ1) is 10.9. The molecule has 0 aliphatic rings. The van der Waals surface area contributed by atoms with Crippen LogP contribution in [-0.4, -0.2) is 41.3 Å². The molecule has 2 aromatic rings. The van der Waals surface area contributed by atoms with E-state index in [1.54, 1.807) is 7.11 Å². The van der Waals surface area contributed by atoms with Gasteiger partial charge in [-0.05, 0) is 45.2 Å². The summed E-state index contributed by atoms with van der Waals surface area (Å²) in [5, 5.41) is 7.29. The fraction of sp³-hybridized carbons (Fsp3) is 0.412. The molecule has 1 aromatic heterocycles. The number of aromatic nitrogens is 2. The van der Waals surface area contributed by atoms with Gasteiger partial charge in [-0.3, -0.25) is 14.4 Å². The summed E-state index contributed by atoms with van der Waals surface area (Å²) in [5.74, 6) is 0.722. The van der Waals surface area contributed by atoms with Gasteiger partial charge in [0.05, 0.1) is 19.3 Å². The first-order valence-corrected chi connectivity index (χ1v) is 7.52. The van der Waals surface area contributed by atoms with Gasteiger partial charge in [0.15, 0.2) is 0 Å². The van der Waals surface area contributed by atoms with Crippen LogP contribution in [0.25, 0.3) is 0 Å². The maximum Gasteiger partial charge on any atom is 0.238 e. The van der Waals surface area contributed by atoms with Gasteiger partial charge in [0, 0.05) is 30.5 Å². The van der Waals surface area contributed by atoms with Gasteiger partial charge in [0.2, 0.25) is 5.91 Å². The Morgan fingerprint density at radius 3 is 2.48 bits per heavy atom. The van der Waals surface area contributed by atoms with Crippen LogP contribution in [0.3, 0.4) is 0 Å². The third kappa shape index (κ3) is 4.32. The van der Waals surface area contributed by atoms with Crippen molar-refractivity contribution in [2.24, 2.45) is 7.05 Å². The van der Waals surface area contributed by atoms with Crippen LogP contribution in [0, 0.1) is 13.8 Å². The van der Waals surface area contributed by atoms with Crippen LogP contribution >= 0.6 is 0 Å². The van der Waals surface area contributed by atoms with Crippen molar-refractivity contribution >= 4 is 11.6 Å². The molecule has 0 saturated heterocycles. The van der Waals surface area contributed by atoms with Gasteiger partial charge in [-0.25, -0.2) is 0 Å². The summed E-state index contributed by atoms with van der Waals surface area (Å²) in [6.07, 6.45) is 0. The van der Waals surface area contributed by atoms with Crippen molar-refractivity contribution in [3.8, 4) is 5.75 Å². The molecular formula is C17H24N4O2. The van der Waals surface area contributed by atoms with Crippen LogP contribution in [0.15, 0.2) is 24.3 Å². The first-order valence-electron chi connectivity index (χ1n) is 7.52. The van der Waals surface area contributed by atoms with E-state index >= 15 is 0 Å². The fourth-order valence-corrected chi connectivity index (χ4v) is 2.49. The second-order valence-electron chi connectivity index (χ2n) is 5.72. The van der Waals surface area contributed by atoms with Crippen LogP contribution in [0.5, 0.6) is 5.75 Å². The number of hydrogen-bond donors (Lipinski definition) is 1. The molecule has 6 nitrogen and oxygen atoms in total. The number of nitrogens with zero attached hydrogens (tertiary/aromatic N) is 3. The highest BCUT2D eigenvalue weighted by molar-refractivity contribution is 5.92. The van der Waals surface area contributed by atoms with E-state index in [0.717, 1.165) is 22.8 Å². The molecule has 0 aliphatic heterocycles. The molecule has 0 fully saturated rings. The predicted molar refractivity (Wildman–Crippen MR) is 90.6 cm³/mol. The van der Waals surface area contributed by atoms with Crippen molar-refractivity contribution in [2.75, 3.05) is 26.0 Å². The minimum atomic E-state index is -0.0446. The lowest BCUT2D eigenvalue weighted by atomic mass is 10.2. The number of hydrogen-bond acceptors (Lipinski definition) is 4. The third-order valence-corrected chi connectivity index (χ3v) is 3.87. The fourth-order valence-electron chi connectivity index (χ4n) is 2.49. The van der Waals surface area contributed by atoms with Crippen molar-refractivity contribution in [3.05, 3.63) is 41.2 Å². The van der Waals surface area contributed by atoms with Gasteiger partial charge < -0.3 is 10.1 Å². The molecule has 0 saturated carbocycles. The van der Waals surface area contributed by atoms with E-state index in [-0.39, 0.29) is 5.91 Å². The normalized spacial score (nSPS) is 10.9. The first kappa shape index (κ1) is 17.0. The Hall–Kier alpha value is -2.34. The Morgan fingerprint density at radius 2 is 1.96 bits per heavy atom. The monoisotopic (exact) mass is 316 g/mol. The average molecular weight is 316 g/mol. The summed E-state index contributed by atoms with van der Waals surface area (Å²) in [4.78, 5) is 14.1. The lowest BCUT2D eigenvalue weighted by Gasteiger charge is -2.16. The maximum atomic E-state index is 12.1. The van der Waals surface area contributed by atoms with Gasteiger partial charge in [-0.15, -0.1) is 0 Å². The molecule has 0 unspecified atom stereocenters. The molecule has 0 radical (unpaired) electrons. The van der Waals surface area contributed by atoms with Crippen molar-refractivity contribution in [2.45, 2.75) is 20.4 Å². The molecule has 2 rings (SSSR count). The average Bonchev–Trinajstić information content (AvgIpc) is 2.74. The highest BCUT2D eigenvalue weighted by Gasteiger charge is 2.13. The maximum absolute atomic E-state index is 12.1. The molecule has 1 aromatic carbocycles. The number of amides is 1. The van der Waals surface area contributed by atoms with E-state index in [4.69, 9.17) is 4.74 Å². The number of likely N-dealkylation sites (N-methyl/N-ethyl adjacent to an activating group) is 1. The lowest BCUT2D eigenvalue weighted by Crippen LogP contribution is -2.30. The Bertz CT molecular complexity index is 677. The van der Waals surface area contributed by atoms with Crippen LogP contribution in [0.1, 0.15) is 17.0 Å². The number of rotatable bonds is 6. The number of nitrogens with one attached hydrogen (secondary N) is 1. The summed E-state index contributed by atoms with van der Waals surface area (Å²) in [6, 6.07) is 7.29. The summed E-state index contributed by atoms with van der Waals surface area (Å²) >= 11 is 0. The van der Waals surface area contributed by atoms with Gasteiger partial charge in [0.1, 0.15) is 5.75 Å². The van der Waals surface area contributed by atoms with E-state index in [2.05, 4.69) is 10.4 Å². The van der Waals surface area contributed by atoms with E-state index in [1.165, 1.54) is 5.56 Å². The molecule has 6 heteroatoms. The van der Waals surface area contributed by atoms with Crippen molar-refractivity contribution < 1.29 is 9.53 Å². The number of carbonyl (C=O) groups excluding carboxylic acids is 1. The molecule has 0 aliphatic carbocycles. The Kier molecular flexibility index (Phi) is 5.39. The zero-order valence-corrected chi connectivity index (χ0v) is 14.4. The van der Waals surface area contributed by atoms with Crippen LogP contribution in [0.2, 0.25) is 0 Å². The van der Waals surface area contributed by atoms with Gasteiger partial charge in [-0.1, -0.05) is 0 Å². The minimum Gasteiger partial charge on any atom is -0.497 e. The van der Waals surface area contributed by atoms with E-state index in [0.29, 0.717) is 13.1 Å². The molecule has 1 amide bonds. The Balaban J connectivity index is 1.91. The number of anilines is 1. The standard InChI is InChI=1S/C17H24N4O2/c1-12-16(13(2)21(4)19-12)10-20(3)11-17(22)18-14-6-8-15(23-5)9-7-14/h6-9H,10-11H2,1-5H3,(H,18,22). The molecule has 1 heterocycles. The summed E-state index contributed by atoms with van der Waals surface area (Å²) in [7, 11) is 5.48. The highest BCUT2D eigenvalue weighted by Crippen LogP contribution is 2.16. The number of aryl methyl sites for hydroxylation is 2. The molecule has 0 bridgehead atoms. The topological polar surface area (TPSA) is 59.4 Å². The summed E-state index contributed by atoms with van der Waals surface area (Å²) in [6.45, 7) is 5.05. The molecule has 23 heavy (non-hydrogen) atoms. The molecule has 1 N–H and O–H groups in total. The Morgan fingerprint density at radius 1 is 1.30 bits per heavy atom. The lowest BCUT2D eigenvalue weighted by molar-refractivity contribution is -0.117. The molecular weight excluding hydrogens is 292 g/mol. The quantitative estimate of drug-likeness (QED) is 0.887. The second kappa shape index (κ2) is 7.28. The second-order valence-corrected chi connectivity index (χ2v) is 5.72. The predicted octanol–water partition coefficient (Wildman–Crippen LogP) is 2.12.